The van der Waals surface area contributed by atoms with E-state index in [1.807, 2.05) is 20.0 Å². The fourth-order valence-corrected chi connectivity index (χ4v) is 2.41. The summed E-state index contributed by atoms with van der Waals surface area (Å²) in [6, 6.07) is 1.95. The Morgan fingerprint density at radius 2 is 1.80 bits per heavy atom. The summed E-state index contributed by atoms with van der Waals surface area (Å²) in [4.78, 5) is 9.45. The molecule has 0 aromatic carbocycles. The standard InChI is InChI=1S/C16H23N3O/c1-5-13-12(7-9-17-4)14(6-2)19-16(18-13)15-11(3)8-10-20-15/h8,10,17H,5-7,9H2,1-4H3. The number of nitrogens with one attached hydrogen (secondary N) is 1. The van der Waals surface area contributed by atoms with Gasteiger partial charge in [0.2, 0.25) is 0 Å². The predicted octanol–water partition coefficient (Wildman–Crippen LogP) is 2.93. The van der Waals surface area contributed by atoms with E-state index in [4.69, 9.17) is 14.4 Å². The summed E-state index contributed by atoms with van der Waals surface area (Å²) in [6.07, 6.45) is 4.50. The molecule has 2 heterocycles. The van der Waals surface area contributed by atoms with E-state index in [1.54, 1.807) is 6.26 Å². The smallest absolute Gasteiger partial charge is 0.196 e. The SMILES string of the molecule is CCc1nc(-c2occc2C)nc(CC)c1CCNC. The Bertz CT molecular complexity index is 550. The normalized spacial score (nSPS) is 11.0. The van der Waals surface area contributed by atoms with Crippen LogP contribution in [0.25, 0.3) is 11.6 Å². The van der Waals surface area contributed by atoms with Crippen molar-refractivity contribution in [3.8, 4) is 11.6 Å². The Kier molecular flexibility index (Phi) is 4.90. The molecule has 0 amide bonds. The first-order chi connectivity index (χ1) is 9.71. The van der Waals surface area contributed by atoms with Crippen LogP contribution >= 0.6 is 0 Å². The molecule has 108 valence electrons. The molecule has 4 nitrogen and oxygen atoms in total. The van der Waals surface area contributed by atoms with Crippen molar-refractivity contribution in [1.29, 1.82) is 0 Å². The topological polar surface area (TPSA) is 51.0 Å². The summed E-state index contributed by atoms with van der Waals surface area (Å²) in [5, 5.41) is 3.20. The van der Waals surface area contributed by atoms with Crippen LogP contribution in [0.4, 0.5) is 0 Å². The van der Waals surface area contributed by atoms with Gasteiger partial charge in [-0.05, 0) is 57.0 Å². The summed E-state index contributed by atoms with van der Waals surface area (Å²) >= 11 is 0. The predicted molar refractivity (Wildman–Crippen MR) is 80.9 cm³/mol. The van der Waals surface area contributed by atoms with Crippen molar-refractivity contribution in [1.82, 2.24) is 15.3 Å². The quantitative estimate of drug-likeness (QED) is 0.879. The molecule has 4 heteroatoms. The molecular formula is C16H23N3O. The fourth-order valence-electron chi connectivity index (χ4n) is 2.41. The van der Waals surface area contributed by atoms with Gasteiger partial charge < -0.3 is 9.73 Å². The van der Waals surface area contributed by atoms with Crippen LogP contribution in [0.3, 0.4) is 0 Å². The summed E-state index contributed by atoms with van der Waals surface area (Å²) in [5.41, 5.74) is 4.64. The van der Waals surface area contributed by atoms with Crippen LogP contribution in [0.2, 0.25) is 0 Å². The molecule has 2 aromatic rings. The molecule has 20 heavy (non-hydrogen) atoms. The summed E-state index contributed by atoms with van der Waals surface area (Å²) in [7, 11) is 1.97. The first-order valence-electron chi connectivity index (χ1n) is 7.28. The number of furan rings is 1. The molecule has 0 aliphatic carbocycles. The van der Waals surface area contributed by atoms with Gasteiger partial charge in [-0.15, -0.1) is 0 Å². The van der Waals surface area contributed by atoms with Crippen LogP contribution in [0, 0.1) is 6.92 Å². The maximum absolute atomic E-state index is 5.53. The van der Waals surface area contributed by atoms with Gasteiger partial charge in [0.25, 0.3) is 0 Å². The molecule has 0 fully saturated rings. The molecule has 0 aliphatic rings. The van der Waals surface area contributed by atoms with Crippen molar-refractivity contribution >= 4 is 0 Å². The van der Waals surface area contributed by atoms with Gasteiger partial charge in [0.1, 0.15) is 0 Å². The summed E-state index contributed by atoms with van der Waals surface area (Å²) in [6.45, 7) is 7.25. The van der Waals surface area contributed by atoms with Crippen LogP contribution in [0.15, 0.2) is 16.7 Å². The first-order valence-corrected chi connectivity index (χ1v) is 7.28. The van der Waals surface area contributed by atoms with E-state index in [2.05, 4.69) is 19.2 Å². The van der Waals surface area contributed by atoms with E-state index in [1.165, 1.54) is 5.56 Å². The minimum absolute atomic E-state index is 0.717. The van der Waals surface area contributed by atoms with Crippen LogP contribution < -0.4 is 5.32 Å². The molecule has 2 rings (SSSR count). The molecule has 0 spiro atoms. The second-order valence-corrected chi connectivity index (χ2v) is 4.91. The van der Waals surface area contributed by atoms with E-state index in [0.717, 1.165) is 54.3 Å². The molecule has 0 radical (unpaired) electrons. The fraction of sp³-hybridized carbons (Fsp3) is 0.500. The van der Waals surface area contributed by atoms with Crippen molar-refractivity contribution in [2.75, 3.05) is 13.6 Å². The number of aryl methyl sites for hydroxylation is 3. The summed E-state index contributed by atoms with van der Waals surface area (Å²) < 4.78 is 5.53. The Morgan fingerprint density at radius 1 is 1.15 bits per heavy atom. The lowest BCUT2D eigenvalue weighted by Gasteiger charge is -2.13. The molecule has 0 atom stereocenters. The first kappa shape index (κ1) is 14.7. The number of hydrogen-bond donors (Lipinski definition) is 1. The van der Waals surface area contributed by atoms with E-state index in [0.29, 0.717) is 0 Å². The Labute approximate surface area is 120 Å². The maximum atomic E-state index is 5.53. The Morgan fingerprint density at radius 3 is 2.25 bits per heavy atom. The molecule has 0 saturated carbocycles. The van der Waals surface area contributed by atoms with Gasteiger partial charge in [-0.1, -0.05) is 13.8 Å². The minimum Gasteiger partial charge on any atom is -0.461 e. The van der Waals surface area contributed by atoms with Crippen LogP contribution in [0.5, 0.6) is 0 Å². The van der Waals surface area contributed by atoms with Crippen LogP contribution in [-0.4, -0.2) is 23.6 Å². The monoisotopic (exact) mass is 273 g/mol. The van der Waals surface area contributed by atoms with Crippen molar-refractivity contribution in [3.05, 3.63) is 34.8 Å². The Hall–Kier alpha value is -1.68. The van der Waals surface area contributed by atoms with Gasteiger partial charge >= 0.3 is 0 Å². The molecular weight excluding hydrogens is 250 g/mol. The van der Waals surface area contributed by atoms with E-state index < -0.39 is 0 Å². The van der Waals surface area contributed by atoms with Crippen molar-refractivity contribution < 1.29 is 4.42 Å². The van der Waals surface area contributed by atoms with Crippen molar-refractivity contribution in [3.63, 3.8) is 0 Å². The third-order valence-corrected chi connectivity index (χ3v) is 3.54. The second kappa shape index (κ2) is 6.66. The lowest BCUT2D eigenvalue weighted by molar-refractivity contribution is 0.574. The largest absolute Gasteiger partial charge is 0.461 e. The average molecular weight is 273 g/mol. The second-order valence-electron chi connectivity index (χ2n) is 4.91. The van der Waals surface area contributed by atoms with Crippen molar-refractivity contribution in [2.45, 2.75) is 40.0 Å². The maximum Gasteiger partial charge on any atom is 0.196 e. The van der Waals surface area contributed by atoms with E-state index >= 15 is 0 Å². The molecule has 2 aromatic heterocycles. The lowest BCUT2D eigenvalue weighted by Crippen LogP contribution is -2.15. The third kappa shape index (κ3) is 2.90. The van der Waals surface area contributed by atoms with E-state index in [-0.39, 0.29) is 0 Å². The lowest BCUT2D eigenvalue weighted by atomic mass is 10.0. The third-order valence-electron chi connectivity index (χ3n) is 3.54. The summed E-state index contributed by atoms with van der Waals surface area (Å²) in [5.74, 6) is 1.50. The Balaban J connectivity index is 2.49. The average Bonchev–Trinajstić information content (AvgIpc) is 2.90. The highest BCUT2D eigenvalue weighted by Gasteiger charge is 2.15. The number of aromatic nitrogens is 2. The van der Waals surface area contributed by atoms with Crippen LogP contribution in [0.1, 0.15) is 36.4 Å². The zero-order chi connectivity index (χ0) is 14.5. The van der Waals surface area contributed by atoms with Crippen molar-refractivity contribution in [2.24, 2.45) is 0 Å². The highest BCUT2D eigenvalue weighted by atomic mass is 16.3. The highest BCUT2D eigenvalue weighted by Crippen LogP contribution is 2.24. The zero-order valence-electron chi connectivity index (χ0n) is 12.8. The molecule has 0 saturated heterocycles. The van der Waals surface area contributed by atoms with Crippen LogP contribution in [-0.2, 0) is 19.3 Å². The number of hydrogen-bond acceptors (Lipinski definition) is 4. The highest BCUT2D eigenvalue weighted by molar-refractivity contribution is 5.53. The molecule has 0 aliphatic heterocycles. The number of likely N-dealkylation sites (N-methyl/N-ethyl adjacent to an activating group) is 1. The van der Waals surface area contributed by atoms with E-state index in [9.17, 15) is 0 Å². The van der Waals surface area contributed by atoms with Gasteiger partial charge in [-0.25, -0.2) is 9.97 Å². The molecule has 0 bridgehead atoms. The molecule has 0 unspecified atom stereocenters. The van der Waals surface area contributed by atoms with Gasteiger partial charge in [0.15, 0.2) is 11.6 Å². The number of rotatable bonds is 6. The van der Waals surface area contributed by atoms with Gasteiger partial charge in [0.05, 0.1) is 6.26 Å². The zero-order valence-corrected chi connectivity index (χ0v) is 12.8. The van der Waals surface area contributed by atoms with Gasteiger partial charge in [-0.3, -0.25) is 0 Å². The number of nitrogens with zero attached hydrogens (tertiary/aromatic N) is 2. The van der Waals surface area contributed by atoms with Gasteiger partial charge in [0, 0.05) is 11.4 Å². The van der Waals surface area contributed by atoms with Gasteiger partial charge in [-0.2, -0.15) is 0 Å². The minimum atomic E-state index is 0.717. The molecule has 1 N–H and O–H groups in total.